The van der Waals surface area contributed by atoms with Crippen molar-refractivity contribution in [3.8, 4) is 34.3 Å². The van der Waals surface area contributed by atoms with E-state index in [2.05, 4.69) is 27.6 Å². The van der Waals surface area contributed by atoms with E-state index in [4.69, 9.17) is 24.7 Å². The van der Waals surface area contributed by atoms with E-state index >= 15 is 0 Å². The highest BCUT2D eigenvalue weighted by atomic mass is 127. The van der Waals surface area contributed by atoms with Crippen molar-refractivity contribution in [2.75, 3.05) is 27.4 Å². The van der Waals surface area contributed by atoms with Gasteiger partial charge in [0.05, 0.1) is 23.5 Å². The maximum absolute atomic E-state index is 11.9. The molecule has 2 N–H and O–H groups in total. The average molecular weight is 492 g/mol. The number of pyridine rings is 1. The van der Waals surface area contributed by atoms with Gasteiger partial charge in [0, 0.05) is 10.9 Å². The first kappa shape index (κ1) is 18.6. The Morgan fingerprint density at radius 3 is 2.43 bits per heavy atom. The van der Waals surface area contributed by atoms with Crippen molar-refractivity contribution in [1.82, 2.24) is 4.98 Å². The number of methoxy groups -OCH3 is 2. The van der Waals surface area contributed by atoms with E-state index in [-0.39, 0.29) is 5.69 Å². The quantitative estimate of drug-likeness (QED) is 0.562. The zero-order valence-electron chi connectivity index (χ0n) is 15.2. The molecule has 1 amide bonds. The molecule has 0 spiro atoms. The summed E-state index contributed by atoms with van der Waals surface area (Å²) < 4.78 is 23.1. The Balaban J connectivity index is 2.02. The second-order valence-corrected chi connectivity index (χ2v) is 7.29. The van der Waals surface area contributed by atoms with Crippen molar-refractivity contribution < 1.29 is 23.7 Å². The number of nitrogens with two attached hydrogens (primary N) is 1. The smallest absolute Gasteiger partial charge is 0.267 e. The third-order valence-electron chi connectivity index (χ3n) is 4.45. The van der Waals surface area contributed by atoms with Crippen molar-refractivity contribution in [1.29, 1.82) is 0 Å². The molecule has 8 heteroatoms. The van der Waals surface area contributed by atoms with Gasteiger partial charge in [0.1, 0.15) is 18.9 Å². The zero-order valence-corrected chi connectivity index (χ0v) is 17.4. The summed E-state index contributed by atoms with van der Waals surface area (Å²) in [6.45, 7) is 0.960. The molecule has 2 heterocycles. The van der Waals surface area contributed by atoms with Gasteiger partial charge >= 0.3 is 0 Å². The van der Waals surface area contributed by atoms with E-state index in [1.165, 1.54) is 0 Å². The third kappa shape index (κ3) is 3.17. The average Bonchev–Trinajstić information content (AvgIpc) is 2.70. The predicted octanol–water partition coefficient (Wildman–Crippen LogP) is 3.39. The Hall–Kier alpha value is -2.75. The Morgan fingerprint density at radius 2 is 1.79 bits per heavy atom. The highest BCUT2D eigenvalue weighted by Crippen LogP contribution is 2.41. The van der Waals surface area contributed by atoms with E-state index in [9.17, 15) is 4.79 Å². The maximum atomic E-state index is 11.9. The molecule has 1 aromatic heterocycles. The lowest BCUT2D eigenvalue weighted by Gasteiger charge is -2.20. The van der Waals surface area contributed by atoms with E-state index in [1.54, 1.807) is 20.3 Å². The van der Waals surface area contributed by atoms with Crippen LogP contribution in [0.15, 0.2) is 30.3 Å². The van der Waals surface area contributed by atoms with Crippen LogP contribution in [0.1, 0.15) is 10.5 Å². The summed E-state index contributed by atoms with van der Waals surface area (Å²) in [4.78, 5) is 16.4. The van der Waals surface area contributed by atoms with Gasteiger partial charge in [-0.1, -0.05) is 0 Å². The Morgan fingerprint density at radius 1 is 1.07 bits per heavy atom. The van der Waals surface area contributed by atoms with Crippen LogP contribution in [-0.4, -0.2) is 38.3 Å². The highest BCUT2D eigenvalue weighted by molar-refractivity contribution is 14.1. The number of primary amides is 1. The molecule has 4 rings (SSSR count). The summed E-state index contributed by atoms with van der Waals surface area (Å²) in [5.74, 6) is 1.88. The van der Waals surface area contributed by atoms with Crippen molar-refractivity contribution in [2.45, 2.75) is 0 Å². The molecule has 1 aliphatic heterocycles. The summed E-state index contributed by atoms with van der Waals surface area (Å²) >= 11 is 2.17. The van der Waals surface area contributed by atoms with Crippen molar-refractivity contribution >= 4 is 39.3 Å². The summed E-state index contributed by atoms with van der Waals surface area (Å²) in [6, 6.07) is 9.12. The van der Waals surface area contributed by atoms with Crippen LogP contribution >= 0.6 is 22.6 Å². The first-order valence-electron chi connectivity index (χ1n) is 8.48. The fourth-order valence-electron chi connectivity index (χ4n) is 3.19. The fourth-order valence-corrected chi connectivity index (χ4v) is 4.01. The van der Waals surface area contributed by atoms with Crippen LogP contribution in [-0.2, 0) is 0 Å². The van der Waals surface area contributed by atoms with Gasteiger partial charge in [0.2, 0.25) is 0 Å². The fraction of sp³-hybridized carbons (Fsp3) is 0.200. The zero-order chi connectivity index (χ0) is 19.8. The normalized spacial score (nSPS) is 12.7. The summed E-state index contributed by atoms with van der Waals surface area (Å²) in [6.07, 6.45) is 0. The van der Waals surface area contributed by atoms with Crippen molar-refractivity contribution in [2.24, 2.45) is 5.73 Å². The SMILES string of the molecule is COc1cc(-c2nc(C(N)=O)cc3cc4c(cc23)OCCO4)cc(I)c1OC. The number of ether oxygens (including phenoxy) is 4. The van der Waals surface area contributed by atoms with E-state index in [0.717, 1.165) is 19.9 Å². The molecule has 28 heavy (non-hydrogen) atoms. The molecular formula is C20H17IN2O5. The topological polar surface area (TPSA) is 92.9 Å². The van der Waals surface area contributed by atoms with Crippen LogP contribution < -0.4 is 24.7 Å². The molecule has 7 nitrogen and oxygen atoms in total. The molecule has 0 saturated carbocycles. The van der Waals surface area contributed by atoms with Gasteiger partial charge in [-0.05, 0) is 58.3 Å². The van der Waals surface area contributed by atoms with Gasteiger partial charge in [-0.3, -0.25) is 4.79 Å². The van der Waals surface area contributed by atoms with Crippen LogP contribution in [0, 0.1) is 3.57 Å². The van der Waals surface area contributed by atoms with Gasteiger partial charge in [-0.25, -0.2) is 4.98 Å². The molecule has 1 aliphatic rings. The number of carbonyl (C=O) groups is 1. The number of benzene rings is 2. The highest BCUT2D eigenvalue weighted by Gasteiger charge is 2.20. The minimum absolute atomic E-state index is 0.170. The summed E-state index contributed by atoms with van der Waals surface area (Å²) in [5.41, 5.74) is 7.06. The lowest BCUT2D eigenvalue weighted by atomic mass is 10.0. The largest absolute Gasteiger partial charge is 0.493 e. The number of carbonyl (C=O) groups excluding carboxylic acids is 1. The van der Waals surface area contributed by atoms with Crippen molar-refractivity contribution in [3.05, 3.63) is 39.6 Å². The molecule has 0 radical (unpaired) electrons. The standard InChI is InChI=1S/C20H17IN2O5/c1-25-17-8-11(5-13(21)19(17)26-2)18-12-9-16-15(27-3-4-28-16)7-10(12)6-14(23-18)20(22)24/h5-9H,3-4H2,1-2H3,(H2,22,24). The van der Waals surface area contributed by atoms with Gasteiger partial charge in [-0.15, -0.1) is 0 Å². The first-order valence-corrected chi connectivity index (χ1v) is 9.55. The Kier molecular flexibility index (Phi) is 4.88. The maximum Gasteiger partial charge on any atom is 0.267 e. The van der Waals surface area contributed by atoms with Gasteiger partial charge in [0.15, 0.2) is 23.0 Å². The molecule has 0 fully saturated rings. The van der Waals surface area contributed by atoms with Crippen LogP contribution in [0.2, 0.25) is 0 Å². The number of hydrogen-bond donors (Lipinski definition) is 1. The molecule has 2 aromatic carbocycles. The van der Waals surface area contributed by atoms with Gasteiger partial charge in [-0.2, -0.15) is 0 Å². The molecule has 0 atom stereocenters. The molecule has 0 unspecified atom stereocenters. The van der Waals surface area contributed by atoms with E-state index < -0.39 is 5.91 Å². The number of nitrogens with zero attached hydrogens (tertiary/aromatic N) is 1. The second kappa shape index (κ2) is 7.34. The molecule has 3 aromatic rings. The third-order valence-corrected chi connectivity index (χ3v) is 5.25. The number of hydrogen-bond acceptors (Lipinski definition) is 6. The molecule has 0 bridgehead atoms. The Bertz CT molecular complexity index is 1100. The Labute approximate surface area is 174 Å². The molecule has 0 saturated heterocycles. The lowest BCUT2D eigenvalue weighted by molar-refractivity contribution is 0.0996. The minimum atomic E-state index is -0.604. The van der Waals surface area contributed by atoms with E-state index in [0.29, 0.717) is 41.9 Å². The number of fused-ring (bicyclic) bond motifs is 2. The first-order chi connectivity index (χ1) is 13.5. The van der Waals surface area contributed by atoms with E-state index in [1.807, 2.05) is 24.3 Å². The molecular weight excluding hydrogens is 475 g/mol. The monoisotopic (exact) mass is 492 g/mol. The number of aromatic nitrogens is 1. The molecule has 0 aliphatic carbocycles. The molecule has 144 valence electrons. The number of rotatable bonds is 4. The summed E-state index contributed by atoms with van der Waals surface area (Å²) in [5, 5.41) is 1.60. The summed E-state index contributed by atoms with van der Waals surface area (Å²) in [7, 11) is 3.16. The van der Waals surface area contributed by atoms with Crippen LogP contribution in [0.25, 0.3) is 22.0 Å². The predicted molar refractivity (Wildman–Crippen MR) is 113 cm³/mol. The minimum Gasteiger partial charge on any atom is -0.493 e. The van der Waals surface area contributed by atoms with Crippen LogP contribution in [0.3, 0.4) is 0 Å². The van der Waals surface area contributed by atoms with Crippen LogP contribution in [0.5, 0.6) is 23.0 Å². The second-order valence-electron chi connectivity index (χ2n) is 6.13. The van der Waals surface area contributed by atoms with Crippen LogP contribution in [0.4, 0.5) is 0 Å². The number of amides is 1. The van der Waals surface area contributed by atoms with Gasteiger partial charge < -0.3 is 24.7 Å². The van der Waals surface area contributed by atoms with Gasteiger partial charge in [0.25, 0.3) is 5.91 Å². The van der Waals surface area contributed by atoms with Crippen molar-refractivity contribution in [3.63, 3.8) is 0 Å². The lowest BCUT2D eigenvalue weighted by Crippen LogP contribution is -2.16. The number of halogens is 1.